The second kappa shape index (κ2) is 16.8. The first-order valence-corrected chi connectivity index (χ1v) is 5.41. The number of amides is 2. The number of hydrogen-bond donors (Lipinski definition) is 2. The molecule has 2 amide bonds. The molecule has 2 heterocycles. The van der Waals surface area contributed by atoms with E-state index in [4.69, 9.17) is 10.2 Å². The maximum Gasteiger partial charge on any atom is 0.308 e. The third-order valence-electron chi connectivity index (χ3n) is 1.09. The molecule has 4 radical (unpaired) electrons. The number of aliphatic hydroxyl groups is 2. The minimum Gasteiger partial charge on any atom is -0.496 e. The summed E-state index contributed by atoms with van der Waals surface area (Å²) in [5.41, 5.74) is 0. The van der Waals surface area contributed by atoms with E-state index in [-0.39, 0.29) is 153 Å². The van der Waals surface area contributed by atoms with E-state index in [0.29, 0.717) is 11.5 Å². The van der Waals surface area contributed by atoms with Crippen molar-refractivity contribution in [2.45, 2.75) is 0 Å². The Kier molecular flexibility index (Phi) is 27.4. The molecule has 0 saturated carbocycles. The van der Waals surface area contributed by atoms with Gasteiger partial charge in [0.2, 0.25) is 0 Å². The summed E-state index contributed by atoms with van der Waals surface area (Å²) >= 11 is 2.07. The molecule has 0 aromatic heterocycles. The van der Waals surface area contributed by atoms with Crippen LogP contribution in [0.3, 0.4) is 0 Å². The molecule has 6 nitrogen and oxygen atoms in total. The normalized spacial score (nSPS) is 15.6. The predicted octanol–water partition coefficient (Wildman–Crippen LogP) is 0.974. The van der Waals surface area contributed by atoms with E-state index in [2.05, 4.69) is 9.98 Å². The number of aliphatic imine (C=N–C) groups is 2. The Morgan fingerprint density at radius 1 is 0.889 bits per heavy atom. The van der Waals surface area contributed by atoms with Crippen LogP contribution in [0.1, 0.15) is 0 Å². The van der Waals surface area contributed by atoms with Crippen molar-refractivity contribution < 1.29 is 151 Å². The Labute approximate surface area is 213 Å². The molecule has 12 heteroatoms. The molecule has 0 aliphatic carbocycles. The molecule has 0 saturated heterocycles. The fraction of sp³-hybridized carbons (Fsp3) is 0.333. The first-order chi connectivity index (χ1) is 6.58. The summed E-state index contributed by atoms with van der Waals surface area (Å²) in [5, 5.41) is 16.4. The standard InChI is InChI=1S/2C3H3NO2S.4Y/c2*5-2-1-7-3(6)4-2;;;;/h2*1H2,(H,4,5,6);;;;. The molecular formula is C6H6N2O4S2Y4. The molecule has 0 fully saturated rings. The van der Waals surface area contributed by atoms with Gasteiger partial charge in [-0.25, -0.2) is 0 Å². The Bertz CT molecular complexity index is 308. The smallest absolute Gasteiger partial charge is 0.308 e. The van der Waals surface area contributed by atoms with Crippen LogP contribution >= 0.6 is 23.5 Å². The molecule has 0 aromatic carbocycles. The van der Waals surface area contributed by atoms with Crippen molar-refractivity contribution in [3.63, 3.8) is 0 Å². The van der Waals surface area contributed by atoms with Gasteiger partial charge in [0.15, 0.2) is 5.90 Å². The summed E-state index contributed by atoms with van der Waals surface area (Å²) in [7, 11) is 0. The van der Waals surface area contributed by atoms with E-state index < -0.39 is 0 Å². The SMILES string of the molecule is O=C1CSC(O)=N1.O=C1N=C(O)CS1.[Y].[Y].[Y].[Y]. The number of aliphatic hydroxyl groups excluding tert-OH is 2. The molecule has 2 N–H and O–H groups in total. The molecule has 0 bridgehead atoms. The van der Waals surface area contributed by atoms with E-state index in [1.54, 1.807) is 0 Å². The summed E-state index contributed by atoms with van der Waals surface area (Å²) in [4.78, 5) is 26.5. The molecule has 0 aromatic rings. The predicted molar refractivity (Wildman–Crippen MR) is 55.4 cm³/mol. The van der Waals surface area contributed by atoms with Gasteiger partial charge in [0, 0.05) is 131 Å². The molecule has 88 valence electrons. The zero-order chi connectivity index (χ0) is 10.6. The third-order valence-corrected chi connectivity index (χ3v) is 2.57. The van der Waals surface area contributed by atoms with E-state index >= 15 is 0 Å². The van der Waals surface area contributed by atoms with Gasteiger partial charge in [0.1, 0.15) is 0 Å². The first kappa shape index (κ1) is 29.4. The van der Waals surface area contributed by atoms with Gasteiger partial charge in [-0.2, -0.15) is 9.98 Å². The second-order valence-corrected chi connectivity index (χ2v) is 4.03. The Morgan fingerprint density at radius 3 is 1.56 bits per heavy atom. The van der Waals surface area contributed by atoms with Crippen molar-refractivity contribution in [3.05, 3.63) is 0 Å². The molecule has 0 spiro atoms. The second-order valence-electron chi connectivity index (χ2n) is 2.16. The molecule has 2 rings (SSSR count). The van der Waals surface area contributed by atoms with Gasteiger partial charge in [0.05, 0.1) is 11.5 Å². The summed E-state index contributed by atoms with van der Waals surface area (Å²) < 4.78 is 0. The molecule has 0 unspecified atom stereocenters. The zero-order valence-corrected chi connectivity index (χ0v) is 22.1. The van der Waals surface area contributed by atoms with Crippen LogP contribution < -0.4 is 0 Å². The molecule has 18 heavy (non-hydrogen) atoms. The van der Waals surface area contributed by atoms with E-state index in [1.807, 2.05) is 0 Å². The molecule has 2 aliphatic heterocycles. The number of hydrogen-bond acceptors (Lipinski definition) is 4. The zero-order valence-electron chi connectivity index (χ0n) is 9.15. The molecule has 2 aliphatic rings. The van der Waals surface area contributed by atoms with Gasteiger partial charge in [-0.3, -0.25) is 9.59 Å². The maximum absolute atomic E-state index is 10.1. The van der Waals surface area contributed by atoms with Gasteiger partial charge in [-0.05, 0) is 0 Å². The summed E-state index contributed by atoms with van der Waals surface area (Å²) in [6.07, 6.45) is 0. The van der Waals surface area contributed by atoms with Gasteiger partial charge in [-0.15, -0.1) is 0 Å². The third kappa shape index (κ3) is 14.3. The Balaban J connectivity index is -0.0000000891. The van der Waals surface area contributed by atoms with Crippen LogP contribution in [-0.4, -0.2) is 44.0 Å². The van der Waals surface area contributed by atoms with Crippen molar-refractivity contribution in [1.82, 2.24) is 0 Å². The largest absolute Gasteiger partial charge is 0.496 e. The van der Waals surface area contributed by atoms with Crippen LogP contribution in [0.2, 0.25) is 0 Å². The number of carbonyl (C=O) groups is 2. The number of carbonyl (C=O) groups excluding carboxylic acids is 2. The summed E-state index contributed by atoms with van der Waals surface area (Å²) in [6, 6.07) is 0. The monoisotopic (exact) mass is 590 g/mol. The van der Waals surface area contributed by atoms with Crippen LogP contribution in [0, 0.1) is 0 Å². The number of rotatable bonds is 0. The number of thioether (sulfide) groups is 2. The quantitative estimate of drug-likeness (QED) is 0.437. The Morgan fingerprint density at radius 2 is 1.44 bits per heavy atom. The van der Waals surface area contributed by atoms with Gasteiger partial charge in [0.25, 0.3) is 11.1 Å². The van der Waals surface area contributed by atoms with Gasteiger partial charge >= 0.3 is 5.24 Å². The van der Waals surface area contributed by atoms with Crippen LogP contribution in [-0.2, 0) is 136 Å². The van der Waals surface area contributed by atoms with Crippen molar-refractivity contribution >= 4 is 45.8 Å². The molecular weight excluding hydrogens is 584 g/mol. The minimum absolute atomic E-state index is 0. The minimum atomic E-state index is -0.294. The average molecular weight is 590 g/mol. The summed E-state index contributed by atoms with van der Waals surface area (Å²) in [5.74, 6) is 0.336. The van der Waals surface area contributed by atoms with Crippen molar-refractivity contribution in [3.8, 4) is 0 Å². The van der Waals surface area contributed by atoms with Crippen LogP contribution in [0.4, 0.5) is 4.79 Å². The van der Waals surface area contributed by atoms with E-state index in [9.17, 15) is 9.59 Å². The van der Waals surface area contributed by atoms with Gasteiger partial charge in [-0.1, -0.05) is 23.5 Å². The molecule has 0 atom stereocenters. The van der Waals surface area contributed by atoms with Crippen molar-refractivity contribution in [2.75, 3.05) is 11.5 Å². The fourth-order valence-corrected chi connectivity index (χ4v) is 1.56. The van der Waals surface area contributed by atoms with Crippen LogP contribution in [0.5, 0.6) is 0 Å². The maximum atomic E-state index is 10.1. The fourth-order valence-electron chi connectivity index (χ4n) is 0.594. The van der Waals surface area contributed by atoms with Crippen LogP contribution in [0.15, 0.2) is 9.98 Å². The van der Waals surface area contributed by atoms with Crippen LogP contribution in [0.25, 0.3) is 0 Å². The average Bonchev–Trinajstić information content (AvgIpc) is 2.63. The van der Waals surface area contributed by atoms with Gasteiger partial charge < -0.3 is 10.2 Å². The van der Waals surface area contributed by atoms with E-state index in [0.717, 1.165) is 23.5 Å². The Hall–Kier alpha value is 3.40. The topological polar surface area (TPSA) is 99.3 Å². The van der Waals surface area contributed by atoms with E-state index in [1.165, 1.54) is 0 Å². The van der Waals surface area contributed by atoms with Crippen molar-refractivity contribution in [1.29, 1.82) is 0 Å². The summed E-state index contributed by atoms with van der Waals surface area (Å²) in [6.45, 7) is 0. The van der Waals surface area contributed by atoms with Crippen molar-refractivity contribution in [2.24, 2.45) is 9.98 Å². The number of nitrogens with zero attached hydrogens (tertiary/aromatic N) is 2. The first-order valence-electron chi connectivity index (χ1n) is 3.44.